The van der Waals surface area contributed by atoms with Crippen LogP contribution in [0.5, 0.6) is 11.5 Å². The number of nitrogens with zero attached hydrogens (tertiary/aromatic N) is 2. The molecule has 0 unspecified atom stereocenters. The number of amides is 1. The Morgan fingerprint density at radius 1 is 1.04 bits per heavy atom. The normalized spacial score (nSPS) is 10.8. The van der Waals surface area contributed by atoms with Gasteiger partial charge in [-0.25, -0.2) is 4.98 Å². The first kappa shape index (κ1) is 16.4. The smallest absolute Gasteiger partial charge is 0.248 e. The van der Waals surface area contributed by atoms with Gasteiger partial charge >= 0.3 is 0 Å². The third kappa shape index (κ3) is 3.92. The van der Waals surface area contributed by atoms with Crippen molar-refractivity contribution in [2.24, 2.45) is 0 Å². The van der Waals surface area contributed by atoms with Gasteiger partial charge in [0.05, 0.1) is 37.1 Å². The van der Waals surface area contributed by atoms with E-state index >= 15 is 0 Å². The number of rotatable bonds is 5. The SMILES string of the molecule is COc1ccc(NC(=O)/C=C/c2cnc3ccccc3n2)cc1OC. The van der Waals surface area contributed by atoms with E-state index in [-0.39, 0.29) is 5.91 Å². The number of aromatic nitrogens is 2. The Bertz CT molecular complexity index is 938. The Morgan fingerprint density at radius 2 is 1.80 bits per heavy atom. The van der Waals surface area contributed by atoms with Crippen LogP contribution in [0.15, 0.2) is 54.7 Å². The molecule has 3 rings (SSSR count). The molecular formula is C19H17N3O3. The van der Waals surface area contributed by atoms with Crippen molar-refractivity contribution in [1.29, 1.82) is 0 Å². The van der Waals surface area contributed by atoms with Crippen LogP contribution in [0.25, 0.3) is 17.1 Å². The zero-order chi connectivity index (χ0) is 17.6. The van der Waals surface area contributed by atoms with Crippen LogP contribution < -0.4 is 14.8 Å². The van der Waals surface area contributed by atoms with Gasteiger partial charge in [-0.3, -0.25) is 9.78 Å². The molecule has 6 nitrogen and oxygen atoms in total. The third-order valence-corrected chi connectivity index (χ3v) is 3.52. The van der Waals surface area contributed by atoms with Gasteiger partial charge in [0.2, 0.25) is 5.91 Å². The summed E-state index contributed by atoms with van der Waals surface area (Å²) in [5.74, 6) is 0.870. The van der Waals surface area contributed by atoms with Gasteiger partial charge in [-0.1, -0.05) is 12.1 Å². The Labute approximate surface area is 145 Å². The first-order chi connectivity index (χ1) is 12.2. The fraction of sp³-hybridized carbons (Fsp3) is 0.105. The molecule has 1 heterocycles. The largest absolute Gasteiger partial charge is 0.493 e. The van der Waals surface area contributed by atoms with Crippen LogP contribution in [0.4, 0.5) is 5.69 Å². The van der Waals surface area contributed by atoms with Crippen LogP contribution in [-0.2, 0) is 4.79 Å². The summed E-state index contributed by atoms with van der Waals surface area (Å²) in [6.45, 7) is 0. The monoisotopic (exact) mass is 335 g/mol. The molecule has 1 amide bonds. The van der Waals surface area contributed by atoms with Gasteiger partial charge in [-0.2, -0.15) is 0 Å². The summed E-state index contributed by atoms with van der Waals surface area (Å²) in [4.78, 5) is 20.8. The van der Waals surface area contributed by atoms with Crippen LogP contribution in [0.3, 0.4) is 0 Å². The van der Waals surface area contributed by atoms with E-state index in [0.717, 1.165) is 11.0 Å². The number of para-hydroxylation sites is 2. The van der Waals surface area contributed by atoms with E-state index in [1.807, 2.05) is 24.3 Å². The van der Waals surface area contributed by atoms with Crippen molar-refractivity contribution in [3.8, 4) is 11.5 Å². The Kier molecular flexibility index (Phi) is 4.89. The average Bonchev–Trinajstić information content (AvgIpc) is 2.66. The van der Waals surface area contributed by atoms with Gasteiger partial charge in [-0.15, -0.1) is 0 Å². The van der Waals surface area contributed by atoms with Crippen molar-refractivity contribution in [3.63, 3.8) is 0 Å². The number of carbonyl (C=O) groups is 1. The van der Waals surface area contributed by atoms with E-state index in [0.29, 0.717) is 22.9 Å². The molecule has 0 aliphatic heterocycles. The zero-order valence-electron chi connectivity index (χ0n) is 13.9. The van der Waals surface area contributed by atoms with Crippen LogP contribution in [-0.4, -0.2) is 30.1 Å². The van der Waals surface area contributed by atoms with Crippen molar-refractivity contribution < 1.29 is 14.3 Å². The first-order valence-corrected chi connectivity index (χ1v) is 7.62. The molecule has 0 bridgehead atoms. The van der Waals surface area contributed by atoms with Crippen molar-refractivity contribution in [3.05, 3.63) is 60.4 Å². The summed E-state index contributed by atoms with van der Waals surface area (Å²) in [5.41, 5.74) is 2.82. The van der Waals surface area contributed by atoms with Crippen molar-refractivity contribution in [1.82, 2.24) is 9.97 Å². The first-order valence-electron chi connectivity index (χ1n) is 7.62. The second-order valence-electron chi connectivity index (χ2n) is 5.18. The van der Waals surface area contributed by atoms with E-state index in [2.05, 4.69) is 15.3 Å². The molecule has 3 aromatic rings. The second kappa shape index (κ2) is 7.44. The molecule has 0 saturated carbocycles. The lowest BCUT2D eigenvalue weighted by Gasteiger charge is -2.09. The highest BCUT2D eigenvalue weighted by molar-refractivity contribution is 6.02. The molecule has 0 radical (unpaired) electrons. The van der Waals surface area contributed by atoms with Crippen LogP contribution in [0.1, 0.15) is 5.69 Å². The molecule has 25 heavy (non-hydrogen) atoms. The predicted octanol–water partition coefficient (Wildman–Crippen LogP) is 3.30. The summed E-state index contributed by atoms with van der Waals surface area (Å²) in [6.07, 6.45) is 4.66. The lowest BCUT2D eigenvalue weighted by molar-refractivity contribution is -0.111. The summed E-state index contributed by atoms with van der Waals surface area (Å²) in [7, 11) is 3.10. The Balaban J connectivity index is 1.71. The highest BCUT2D eigenvalue weighted by Gasteiger charge is 2.06. The number of hydrogen-bond donors (Lipinski definition) is 1. The standard InChI is InChI=1S/C19H17N3O3/c1-24-17-9-7-13(11-18(17)25-2)22-19(23)10-8-14-12-20-15-5-3-4-6-16(15)21-14/h3-12H,1-2H3,(H,22,23)/b10-8+. The fourth-order valence-electron chi connectivity index (χ4n) is 2.31. The molecule has 0 atom stereocenters. The van der Waals surface area contributed by atoms with E-state index in [9.17, 15) is 4.79 Å². The summed E-state index contributed by atoms with van der Waals surface area (Å²) < 4.78 is 10.4. The molecule has 2 aromatic carbocycles. The Morgan fingerprint density at radius 3 is 2.56 bits per heavy atom. The highest BCUT2D eigenvalue weighted by atomic mass is 16.5. The molecule has 1 aromatic heterocycles. The maximum absolute atomic E-state index is 12.1. The summed E-state index contributed by atoms with van der Waals surface area (Å²) in [6, 6.07) is 12.7. The summed E-state index contributed by atoms with van der Waals surface area (Å²) in [5, 5.41) is 2.77. The molecule has 0 aliphatic rings. The Hall–Kier alpha value is -3.41. The zero-order valence-corrected chi connectivity index (χ0v) is 13.9. The minimum atomic E-state index is -0.276. The molecule has 0 fully saturated rings. The molecule has 0 spiro atoms. The third-order valence-electron chi connectivity index (χ3n) is 3.52. The van der Waals surface area contributed by atoms with E-state index < -0.39 is 0 Å². The van der Waals surface area contributed by atoms with Crippen molar-refractivity contribution in [2.75, 3.05) is 19.5 Å². The van der Waals surface area contributed by atoms with Gasteiger partial charge in [0.1, 0.15) is 0 Å². The van der Waals surface area contributed by atoms with Crippen LogP contribution >= 0.6 is 0 Å². The maximum atomic E-state index is 12.1. The molecule has 1 N–H and O–H groups in total. The second-order valence-corrected chi connectivity index (χ2v) is 5.18. The molecule has 0 saturated heterocycles. The fourth-order valence-corrected chi connectivity index (χ4v) is 2.31. The number of fused-ring (bicyclic) bond motifs is 1. The molecule has 126 valence electrons. The number of hydrogen-bond acceptors (Lipinski definition) is 5. The van der Waals surface area contributed by atoms with Crippen molar-refractivity contribution in [2.45, 2.75) is 0 Å². The van der Waals surface area contributed by atoms with Gasteiger partial charge in [-0.05, 0) is 30.3 Å². The quantitative estimate of drug-likeness (QED) is 0.724. The van der Waals surface area contributed by atoms with E-state index in [1.54, 1.807) is 44.7 Å². The number of methoxy groups -OCH3 is 2. The average molecular weight is 335 g/mol. The lowest BCUT2D eigenvalue weighted by Crippen LogP contribution is -2.08. The molecule has 0 aliphatic carbocycles. The number of benzene rings is 2. The van der Waals surface area contributed by atoms with E-state index in [4.69, 9.17) is 9.47 Å². The topological polar surface area (TPSA) is 73.3 Å². The maximum Gasteiger partial charge on any atom is 0.248 e. The minimum absolute atomic E-state index is 0.276. The van der Waals surface area contributed by atoms with E-state index in [1.165, 1.54) is 6.08 Å². The number of ether oxygens (including phenoxy) is 2. The van der Waals surface area contributed by atoms with Gasteiger partial charge in [0.15, 0.2) is 11.5 Å². The van der Waals surface area contributed by atoms with Gasteiger partial charge < -0.3 is 14.8 Å². The molecule has 6 heteroatoms. The van der Waals surface area contributed by atoms with Crippen molar-refractivity contribution >= 4 is 28.7 Å². The molecular weight excluding hydrogens is 318 g/mol. The highest BCUT2D eigenvalue weighted by Crippen LogP contribution is 2.29. The lowest BCUT2D eigenvalue weighted by atomic mass is 10.2. The van der Waals surface area contributed by atoms with Gasteiger partial charge in [0.25, 0.3) is 0 Å². The minimum Gasteiger partial charge on any atom is -0.493 e. The van der Waals surface area contributed by atoms with Crippen LogP contribution in [0.2, 0.25) is 0 Å². The van der Waals surface area contributed by atoms with Crippen LogP contribution in [0, 0.1) is 0 Å². The number of carbonyl (C=O) groups excluding carboxylic acids is 1. The number of nitrogens with one attached hydrogen (secondary N) is 1. The number of anilines is 1. The predicted molar refractivity (Wildman–Crippen MR) is 96.7 cm³/mol. The summed E-state index contributed by atoms with van der Waals surface area (Å²) >= 11 is 0. The van der Waals surface area contributed by atoms with Gasteiger partial charge in [0, 0.05) is 17.8 Å².